The van der Waals surface area contributed by atoms with Gasteiger partial charge in [-0.2, -0.15) is 0 Å². The number of carbonyl (C=O) groups excluding carboxylic acids is 2. The second-order valence-electron chi connectivity index (χ2n) is 10.4. The van der Waals surface area contributed by atoms with Gasteiger partial charge in [-0.25, -0.2) is 22.2 Å². The van der Waals surface area contributed by atoms with Crippen LogP contribution in [0.3, 0.4) is 0 Å². The van der Waals surface area contributed by atoms with Gasteiger partial charge in [-0.3, -0.25) is 9.59 Å². The topological polar surface area (TPSA) is 153 Å². The Morgan fingerprint density at radius 2 is 1.74 bits per heavy atom. The van der Waals surface area contributed by atoms with Crippen LogP contribution in [0.15, 0.2) is 55.0 Å². The lowest BCUT2D eigenvalue weighted by Crippen LogP contribution is -2.56. The first-order valence-corrected chi connectivity index (χ1v) is 16.0. The van der Waals surface area contributed by atoms with Gasteiger partial charge in [-0.15, -0.1) is 0 Å². The molecule has 3 aromatic rings. The molecule has 0 radical (unpaired) electrons. The summed E-state index contributed by atoms with van der Waals surface area (Å²) in [6, 6.07) is 8.18. The Balaban J connectivity index is 1.80. The van der Waals surface area contributed by atoms with Crippen molar-refractivity contribution in [3.8, 4) is 0 Å². The Kier molecular flexibility index (Phi) is 12.8. The molecule has 0 saturated heterocycles. The van der Waals surface area contributed by atoms with E-state index in [0.717, 1.165) is 29.7 Å². The number of hydrogen-bond acceptors (Lipinski definition) is 7. The van der Waals surface area contributed by atoms with E-state index in [-0.39, 0.29) is 30.0 Å². The van der Waals surface area contributed by atoms with Gasteiger partial charge < -0.3 is 26.0 Å². The Morgan fingerprint density at radius 3 is 2.40 bits per heavy atom. The number of nitrogens with one attached hydrogen (secondary N) is 4. The number of sulfone groups is 1. The smallest absolute Gasteiger partial charge is 0.270 e. The molecule has 2 aromatic carbocycles. The summed E-state index contributed by atoms with van der Waals surface area (Å²) in [5.74, 6) is -4.12. The van der Waals surface area contributed by atoms with E-state index < -0.39 is 57.2 Å². The average molecular weight is 620 g/mol. The quantitative estimate of drug-likeness (QED) is 0.156. The summed E-state index contributed by atoms with van der Waals surface area (Å²) in [7, 11) is -3.75. The van der Waals surface area contributed by atoms with Gasteiger partial charge in [0.1, 0.15) is 23.4 Å². The van der Waals surface area contributed by atoms with Crippen LogP contribution in [0.4, 0.5) is 8.78 Å². The van der Waals surface area contributed by atoms with E-state index in [2.05, 4.69) is 25.9 Å². The molecule has 0 spiro atoms. The van der Waals surface area contributed by atoms with Crippen molar-refractivity contribution in [1.82, 2.24) is 25.9 Å². The Labute approximate surface area is 250 Å². The number of hydrogen-bond donors (Lipinski definition) is 5. The highest BCUT2D eigenvalue weighted by molar-refractivity contribution is 7.91. The number of aliphatic hydroxyl groups is 1. The zero-order valence-electron chi connectivity index (χ0n) is 24.3. The standard InChI is InChI=1S/C30H39F2N5O5S/c1-3-5-9-43(41,42)18-27(37-29(39)26-16-34-19-35-26)30(40)36-25(13-22-11-23(31)14-24(32)12-22)28(38)17-33-15-21-8-6-7-20(4-2)10-21/h6-8,10-12,14,16,19,25,27-28,33,38H,3-5,9,13,15,17-18H2,1-2H3,(H,34,35)(H,36,40)(H,37,39)/t25-,27+,28+/m0/s1. The highest BCUT2D eigenvalue weighted by Crippen LogP contribution is 2.13. The van der Waals surface area contributed by atoms with Crippen molar-refractivity contribution in [3.63, 3.8) is 0 Å². The lowest BCUT2D eigenvalue weighted by Gasteiger charge is -2.27. The van der Waals surface area contributed by atoms with Crippen LogP contribution in [0.5, 0.6) is 0 Å². The maximum atomic E-state index is 14.0. The Bertz CT molecular complexity index is 1430. The van der Waals surface area contributed by atoms with Crippen molar-refractivity contribution in [2.24, 2.45) is 0 Å². The number of aliphatic hydroxyl groups excluding tert-OH is 1. The summed E-state index contributed by atoms with van der Waals surface area (Å²) in [6.07, 6.45) is 2.93. The van der Waals surface area contributed by atoms with E-state index in [1.54, 1.807) is 0 Å². The van der Waals surface area contributed by atoms with Crippen molar-refractivity contribution >= 4 is 21.7 Å². The number of unbranched alkanes of at least 4 members (excludes halogenated alkanes) is 1. The normalized spacial score (nSPS) is 13.7. The van der Waals surface area contributed by atoms with Crippen LogP contribution < -0.4 is 16.0 Å². The lowest BCUT2D eigenvalue weighted by molar-refractivity contribution is -0.124. The van der Waals surface area contributed by atoms with Crippen molar-refractivity contribution < 1.29 is 31.9 Å². The zero-order chi connectivity index (χ0) is 31.4. The molecule has 0 aliphatic rings. The molecule has 0 saturated carbocycles. The zero-order valence-corrected chi connectivity index (χ0v) is 25.1. The molecule has 0 aliphatic carbocycles. The third kappa shape index (κ3) is 11.2. The number of aryl methyl sites for hydroxylation is 1. The first-order valence-electron chi connectivity index (χ1n) is 14.2. The van der Waals surface area contributed by atoms with E-state index in [1.165, 1.54) is 12.5 Å². The minimum Gasteiger partial charge on any atom is -0.390 e. The number of H-pyrrole nitrogens is 1. The SMILES string of the molecule is CCCCS(=O)(=O)C[C@@H](NC(=O)c1cnc[nH]1)C(=O)N[C@@H](Cc1cc(F)cc(F)c1)[C@H](O)CNCc1cccc(CC)c1. The molecule has 3 atom stereocenters. The van der Waals surface area contributed by atoms with E-state index in [4.69, 9.17) is 0 Å². The molecule has 13 heteroatoms. The first-order chi connectivity index (χ1) is 20.5. The van der Waals surface area contributed by atoms with Gasteiger partial charge in [-0.1, -0.05) is 44.5 Å². The molecule has 0 fully saturated rings. The molecule has 1 heterocycles. The summed E-state index contributed by atoms with van der Waals surface area (Å²) in [6.45, 7) is 4.28. The van der Waals surface area contributed by atoms with Crippen molar-refractivity contribution in [2.45, 2.75) is 64.3 Å². The maximum absolute atomic E-state index is 14.0. The van der Waals surface area contributed by atoms with Crippen LogP contribution in [0.2, 0.25) is 0 Å². The predicted octanol–water partition coefficient (Wildman–Crippen LogP) is 2.44. The number of amides is 2. The third-order valence-corrected chi connectivity index (χ3v) is 8.60. The van der Waals surface area contributed by atoms with Crippen LogP contribution in [0.25, 0.3) is 0 Å². The second kappa shape index (κ2) is 16.2. The van der Waals surface area contributed by atoms with Crippen LogP contribution >= 0.6 is 0 Å². The lowest BCUT2D eigenvalue weighted by atomic mass is 10.00. The van der Waals surface area contributed by atoms with Gasteiger partial charge >= 0.3 is 0 Å². The van der Waals surface area contributed by atoms with Crippen molar-refractivity contribution in [3.05, 3.63) is 89.0 Å². The van der Waals surface area contributed by atoms with Gasteiger partial charge in [0.05, 0.1) is 36.2 Å². The van der Waals surface area contributed by atoms with E-state index in [1.807, 2.05) is 38.1 Å². The third-order valence-electron chi connectivity index (χ3n) is 6.85. The van der Waals surface area contributed by atoms with E-state index in [9.17, 15) is 31.9 Å². The largest absolute Gasteiger partial charge is 0.390 e. The van der Waals surface area contributed by atoms with Crippen LogP contribution in [-0.4, -0.2) is 71.5 Å². The molecule has 0 bridgehead atoms. The highest BCUT2D eigenvalue weighted by atomic mass is 32.2. The van der Waals surface area contributed by atoms with Gasteiger partial charge in [0.25, 0.3) is 5.91 Å². The first kappa shape index (κ1) is 33.8. The number of imidazole rings is 1. The molecule has 1 aromatic heterocycles. The van der Waals surface area contributed by atoms with Gasteiger partial charge in [-0.05, 0) is 48.1 Å². The molecule has 234 valence electrons. The van der Waals surface area contributed by atoms with E-state index in [0.29, 0.717) is 25.5 Å². The van der Waals surface area contributed by atoms with Crippen molar-refractivity contribution in [2.75, 3.05) is 18.1 Å². The number of nitrogens with zero attached hydrogens (tertiary/aromatic N) is 1. The number of rotatable bonds is 17. The molecule has 10 nitrogen and oxygen atoms in total. The van der Waals surface area contributed by atoms with Gasteiger partial charge in [0, 0.05) is 19.2 Å². The van der Waals surface area contributed by atoms with Gasteiger partial charge in [0.2, 0.25) is 5.91 Å². The molecule has 5 N–H and O–H groups in total. The van der Waals surface area contributed by atoms with Crippen LogP contribution in [0.1, 0.15) is 53.9 Å². The molecule has 0 unspecified atom stereocenters. The maximum Gasteiger partial charge on any atom is 0.270 e. The molecular formula is C30H39F2N5O5S. The van der Waals surface area contributed by atoms with Crippen LogP contribution in [-0.2, 0) is 34.0 Å². The fourth-order valence-corrected chi connectivity index (χ4v) is 6.15. The Hall–Kier alpha value is -3.68. The minimum absolute atomic E-state index is 0.000926. The summed E-state index contributed by atoms with van der Waals surface area (Å²) < 4.78 is 53.5. The number of aromatic nitrogens is 2. The highest BCUT2D eigenvalue weighted by Gasteiger charge is 2.31. The minimum atomic E-state index is -3.75. The molecule has 43 heavy (non-hydrogen) atoms. The molecular weight excluding hydrogens is 580 g/mol. The fraction of sp³-hybridized carbons (Fsp3) is 0.433. The predicted molar refractivity (Wildman–Crippen MR) is 159 cm³/mol. The fourth-order valence-electron chi connectivity index (χ4n) is 4.52. The monoisotopic (exact) mass is 619 g/mol. The Morgan fingerprint density at radius 1 is 1.02 bits per heavy atom. The summed E-state index contributed by atoms with van der Waals surface area (Å²) in [5, 5.41) is 19.3. The van der Waals surface area contributed by atoms with Crippen molar-refractivity contribution in [1.29, 1.82) is 0 Å². The number of halogens is 2. The summed E-state index contributed by atoms with van der Waals surface area (Å²) in [5.41, 5.74) is 2.33. The molecule has 2 amide bonds. The number of aromatic amines is 1. The van der Waals surface area contributed by atoms with Gasteiger partial charge in [0.15, 0.2) is 9.84 Å². The van der Waals surface area contributed by atoms with Crippen LogP contribution in [0, 0.1) is 11.6 Å². The summed E-state index contributed by atoms with van der Waals surface area (Å²) in [4.78, 5) is 32.6. The molecule has 0 aliphatic heterocycles. The average Bonchev–Trinajstić information content (AvgIpc) is 3.50. The number of carbonyl (C=O) groups is 2. The summed E-state index contributed by atoms with van der Waals surface area (Å²) >= 11 is 0. The molecule has 3 rings (SSSR count). The van der Waals surface area contributed by atoms with E-state index >= 15 is 0 Å². The second-order valence-corrected chi connectivity index (χ2v) is 12.7. The number of benzene rings is 2.